The highest BCUT2D eigenvalue weighted by molar-refractivity contribution is 5.38. The first-order valence-electron chi connectivity index (χ1n) is 7.26. The second kappa shape index (κ2) is 3.60. The van der Waals surface area contributed by atoms with Crippen LogP contribution in [0.4, 0.5) is 0 Å². The van der Waals surface area contributed by atoms with Gasteiger partial charge >= 0.3 is 0 Å². The van der Waals surface area contributed by atoms with Gasteiger partial charge in [-0.25, -0.2) is 9.78 Å². The smallest absolute Gasteiger partial charge is 0.169 e. The average molecular weight is 261 g/mol. The van der Waals surface area contributed by atoms with Crippen LogP contribution in [0.3, 0.4) is 0 Å². The fourth-order valence-corrected chi connectivity index (χ4v) is 4.50. The molecule has 5 aliphatic rings. The molecule has 5 rings (SSSR count). The van der Waals surface area contributed by atoms with Crippen LogP contribution in [0.15, 0.2) is 11.6 Å². The van der Waals surface area contributed by atoms with E-state index >= 15 is 0 Å². The molecule has 0 radical (unpaired) electrons. The standard InChI is InChI=1S/C15H19NO3/c1-13-6-7-14(10-16)5-2-3-12-15(14,19-18-13)11(9-13)4-8-17-12/h9,12H,2-8H2,1H3/t12-,13+,14+,15-/m1/s1. The van der Waals surface area contributed by atoms with Gasteiger partial charge in [-0.2, -0.15) is 5.26 Å². The van der Waals surface area contributed by atoms with Crippen LogP contribution in [0.2, 0.25) is 0 Å². The Morgan fingerprint density at radius 3 is 3.05 bits per heavy atom. The summed E-state index contributed by atoms with van der Waals surface area (Å²) < 4.78 is 5.96. The lowest BCUT2D eigenvalue weighted by Crippen LogP contribution is -2.64. The summed E-state index contributed by atoms with van der Waals surface area (Å²) in [5.74, 6) is 0. The fraction of sp³-hybridized carbons (Fsp3) is 0.800. The quantitative estimate of drug-likeness (QED) is 0.497. The number of nitriles is 1. The molecule has 2 saturated heterocycles. The average Bonchev–Trinajstić information content (AvgIpc) is 2.63. The van der Waals surface area contributed by atoms with E-state index in [0.717, 1.165) is 45.1 Å². The van der Waals surface area contributed by atoms with Crippen LogP contribution >= 0.6 is 0 Å². The minimum absolute atomic E-state index is 0.0245. The minimum atomic E-state index is -0.645. The minimum Gasteiger partial charge on any atom is -0.374 e. The molecule has 102 valence electrons. The third kappa shape index (κ3) is 1.29. The molecule has 0 aromatic heterocycles. The lowest BCUT2D eigenvalue weighted by Gasteiger charge is -2.55. The van der Waals surface area contributed by atoms with Crippen molar-refractivity contribution in [1.29, 1.82) is 5.26 Å². The normalized spacial score (nSPS) is 51.8. The Morgan fingerprint density at radius 2 is 2.21 bits per heavy atom. The van der Waals surface area contributed by atoms with E-state index in [2.05, 4.69) is 19.1 Å². The number of hydrogen-bond acceptors (Lipinski definition) is 4. The van der Waals surface area contributed by atoms with Crippen molar-refractivity contribution in [2.75, 3.05) is 6.61 Å². The number of fused-ring (bicyclic) bond motifs is 2. The Labute approximate surface area is 113 Å². The van der Waals surface area contributed by atoms with Crippen LogP contribution < -0.4 is 0 Å². The fourth-order valence-electron chi connectivity index (χ4n) is 4.50. The largest absolute Gasteiger partial charge is 0.374 e. The maximum atomic E-state index is 9.89. The molecule has 0 unspecified atom stereocenters. The van der Waals surface area contributed by atoms with Crippen LogP contribution in [-0.2, 0) is 14.5 Å². The third-order valence-corrected chi connectivity index (χ3v) is 5.51. The third-order valence-electron chi connectivity index (χ3n) is 5.51. The first-order valence-corrected chi connectivity index (χ1v) is 7.26. The number of rotatable bonds is 0. The van der Waals surface area contributed by atoms with Gasteiger partial charge < -0.3 is 4.74 Å². The van der Waals surface area contributed by atoms with Crippen LogP contribution in [0.5, 0.6) is 0 Å². The number of hydrogen-bond donors (Lipinski definition) is 0. The second-order valence-electron chi connectivity index (χ2n) is 6.58. The van der Waals surface area contributed by atoms with Crippen molar-refractivity contribution in [2.24, 2.45) is 5.41 Å². The molecule has 0 amide bonds. The Morgan fingerprint density at radius 1 is 1.32 bits per heavy atom. The molecule has 0 N–H and O–H groups in total. The highest BCUT2D eigenvalue weighted by Crippen LogP contribution is 2.61. The summed E-state index contributed by atoms with van der Waals surface area (Å²) in [4.78, 5) is 11.6. The van der Waals surface area contributed by atoms with Crippen molar-refractivity contribution in [1.82, 2.24) is 0 Å². The number of nitrogens with zero attached hydrogens (tertiary/aromatic N) is 1. The van der Waals surface area contributed by atoms with E-state index in [4.69, 9.17) is 14.5 Å². The van der Waals surface area contributed by atoms with Crippen molar-refractivity contribution < 1.29 is 14.5 Å². The molecule has 2 bridgehead atoms. The van der Waals surface area contributed by atoms with E-state index in [-0.39, 0.29) is 11.7 Å². The molecule has 19 heavy (non-hydrogen) atoms. The zero-order valence-corrected chi connectivity index (χ0v) is 11.3. The topological polar surface area (TPSA) is 51.5 Å². The van der Waals surface area contributed by atoms with Crippen molar-refractivity contribution in [3.05, 3.63) is 11.6 Å². The van der Waals surface area contributed by atoms with E-state index in [1.165, 1.54) is 5.57 Å². The Hall–Kier alpha value is -0.890. The Bertz CT molecular complexity index is 494. The van der Waals surface area contributed by atoms with Crippen molar-refractivity contribution in [3.8, 4) is 6.07 Å². The van der Waals surface area contributed by atoms with Crippen LogP contribution in [0.25, 0.3) is 0 Å². The SMILES string of the molecule is C[C@@]12C=C3CCO[C@@H]4CCC[C@@](C#N)(CC1)[C@@]34OO2. The van der Waals surface area contributed by atoms with E-state index in [1.807, 2.05) is 0 Å². The van der Waals surface area contributed by atoms with Crippen LogP contribution in [0.1, 0.15) is 45.4 Å². The van der Waals surface area contributed by atoms with Gasteiger partial charge in [0.25, 0.3) is 0 Å². The van der Waals surface area contributed by atoms with Gasteiger partial charge in [-0.15, -0.1) is 0 Å². The van der Waals surface area contributed by atoms with Gasteiger partial charge in [0.2, 0.25) is 0 Å². The molecule has 4 atom stereocenters. The Balaban J connectivity index is 1.96. The summed E-state index contributed by atoms with van der Waals surface area (Å²) in [6.07, 6.45) is 7.62. The summed E-state index contributed by atoms with van der Waals surface area (Å²) in [6, 6.07) is 2.60. The van der Waals surface area contributed by atoms with Gasteiger partial charge in [0, 0.05) is 0 Å². The predicted molar refractivity (Wildman–Crippen MR) is 66.9 cm³/mol. The van der Waals surface area contributed by atoms with Crippen molar-refractivity contribution >= 4 is 0 Å². The van der Waals surface area contributed by atoms with Gasteiger partial charge in [0.05, 0.1) is 24.2 Å². The highest BCUT2D eigenvalue weighted by atomic mass is 17.2. The molecule has 3 heterocycles. The Kier molecular flexibility index (Phi) is 2.26. The zero-order valence-electron chi connectivity index (χ0n) is 11.3. The molecular weight excluding hydrogens is 242 g/mol. The van der Waals surface area contributed by atoms with Gasteiger partial charge in [0.15, 0.2) is 5.60 Å². The zero-order chi connectivity index (χ0) is 13.1. The van der Waals surface area contributed by atoms with E-state index < -0.39 is 11.0 Å². The molecule has 3 aliphatic heterocycles. The number of ether oxygens (including phenoxy) is 1. The molecule has 1 spiro atoms. The van der Waals surface area contributed by atoms with Crippen molar-refractivity contribution in [3.63, 3.8) is 0 Å². The van der Waals surface area contributed by atoms with Gasteiger partial charge in [0.1, 0.15) is 5.60 Å². The maximum absolute atomic E-state index is 9.89. The molecule has 3 fully saturated rings. The monoisotopic (exact) mass is 261 g/mol. The van der Waals surface area contributed by atoms with Crippen molar-refractivity contribution in [2.45, 2.75) is 62.8 Å². The molecule has 4 heteroatoms. The summed E-state index contributed by atoms with van der Waals surface area (Å²) in [6.45, 7) is 2.79. The lowest BCUT2D eigenvalue weighted by atomic mass is 9.57. The summed E-state index contributed by atoms with van der Waals surface area (Å²) in [7, 11) is 0. The molecular formula is C15H19NO3. The molecule has 4 nitrogen and oxygen atoms in total. The van der Waals surface area contributed by atoms with E-state index in [1.54, 1.807) is 0 Å². The second-order valence-corrected chi connectivity index (χ2v) is 6.58. The highest BCUT2D eigenvalue weighted by Gasteiger charge is 2.68. The van der Waals surface area contributed by atoms with Gasteiger partial charge in [-0.3, -0.25) is 0 Å². The molecule has 0 aromatic rings. The van der Waals surface area contributed by atoms with Gasteiger partial charge in [-0.05, 0) is 57.1 Å². The van der Waals surface area contributed by atoms with E-state index in [9.17, 15) is 5.26 Å². The molecule has 2 aliphatic carbocycles. The van der Waals surface area contributed by atoms with E-state index in [0.29, 0.717) is 0 Å². The predicted octanol–water partition coefficient (Wildman–Crippen LogP) is 2.65. The lowest BCUT2D eigenvalue weighted by molar-refractivity contribution is -0.429. The van der Waals surface area contributed by atoms with Crippen LogP contribution in [0, 0.1) is 16.7 Å². The summed E-state index contributed by atoms with van der Waals surface area (Å²) in [5.41, 5.74) is -0.245. The first kappa shape index (κ1) is 11.9. The summed E-state index contributed by atoms with van der Waals surface area (Å²) >= 11 is 0. The summed E-state index contributed by atoms with van der Waals surface area (Å²) in [5, 5.41) is 9.89. The maximum Gasteiger partial charge on any atom is 0.169 e. The molecule has 1 saturated carbocycles. The van der Waals surface area contributed by atoms with Gasteiger partial charge in [-0.1, -0.05) is 0 Å². The van der Waals surface area contributed by atoms with Crippen LogP contribution in [-0.4, -0.2) is 23.9 Å². The molecule has 0 aromatic carbocycles. The first-order chi connectivity index (χ1) is 9.14.